The molecule has 0 saturated carbocycles. The molecule has 1 unspecified atom stereocenters. The number of benzene rings is 1. The predicted octanol–water partition coefficient (Wildman–Crippen LogP) is 2.47. The van der Waals surface area contributed by atoms with E-state index >= 15 is 0 Å². The summed E-state index contributed by atoms with van der Waals surface area (Å²) < 4.78 is 13.0. The molecule has 0 radical (unpaired) electrons. The van der Waals surface area contributed by atoms with Gasteiger partial charge in [-0.1, -0.05) is 12.1 Å². The fourth-order valence-electron chi connectivity index (χ4n) is 3.70. The van der Waals surface area contributed by atoms with E-state index in [2.05, 4.69) is 15.2 Å². The molecule has 2 heterocycles. The number of nitrogens with zero attached hydrogens (tertiary/aromatic N) is 3. The van der Waals surface area contributed by atoms with Crippen LogP contribution in [0.4, 0.5) is 4.39 Å². The van der Waals surface area contributed by atoms with E-state index in [9.17, 15) is 14.0 Å². The van der Waals surface area contributed by atoms with Crippen LogP contribution >= 0.6 is 11.3 Å². The summed E-state index contributed by atoms with van der Waals surface area (Å²) in [5, 5.41) is 5.76. The Morgan fingerprint density at radius 3 is 2.80 bits per heavy atom. The lowest BCUT2D eigenvalue weighted by Crippen LogP contribution is -2.43. The topological polar surface area (TPSA) is 65.5 Å². The highest BCUT2D eigenvalue weighted by Crippen LogP contribution is 2.19. The van der Waals surface area contributed by atoms with E-state index in [0.29, 0.717) is 13.0 Å². The van der Waals surface area contributed by atoms with E-state index in [1.807, 2.05) is 5.38 Å². The van der Waals surface area contributed by atoms with Gasteiger partial charge in [0.2, 0.25) is 11.8 Å². The number of likely N-dealkylation sites (N-methyl/N-ethyl adjacent to an activating group) is 1. The van der Waals surface area contributed by atoms with Gasteiger partial charge in [0.05, 0.1) is 23.2 Å². The van der Waals surface area contributed by atoms with Crippen LogP contribution < -0.4 is 5.32 Å². The first-order valence-corrected chi connectivity index (χ1v) is 11.2. The van der Waals surface area contributed by atoms with Crippen LogP contribution in [0.3, 0.4) is 0 Å². The van der Waals surface area contributed by atoms with Gasteiger partial charge in [-0.3, -0.25) is 14.5 Å². The number of likely N-dealkylation sites (tertiary alicyclic amines) is 1. The summed E-state index contributed by atoms with van der Waals surface area (Å²) in [4.78, 5) is 32.8. The zero-order valence-corrected chi connectivity index (χ0v) is 18.4. The van der Waals surface area contributed by atoms with E-state index in [0.717, 1.165) is 48.6 Å². The summed E-state index contributed by atoms with van der Waals surface area (Å²) in [6, 6.07) is 6.36. The minimum absolute atomic E-state index is 0.0229. The van der Waals surface area contributed by atoms with Gasteiger partial charge in [-0.15, -0.1) is 11.3 Å². The Morgan fingerprint density at radius 1 is 1.30 bits per heavy atom. The van der Waals surface area contributed by atoms with Crippen LogP contribution in [0, 0.1) is 5.82 Å². The van der Waals surface area contributed by atoms with Crippen molar-refractivity contribution < 1.29 is 14.0 Å². The number of nitrogens with one attached hydrogen (secondary N) is 1. The molecule has 1 aliphatic heterocycles. The molecule has 30 heavy (non-hydrogen) atoms. The van der Waals surface area contributed by atoms with Crippen molar-refractivity contribution in [2.75, 3.05) is 33.7 Å². The van der Waals surface area contributed by atoms with Crippen molar-refractivity contribution in [1.29, 1.82) is 0 Å². The van der Waals surface area contributed by atoms with Gasteiger partial charge in [0.1, 0.15) is 5.82 Å². The second-order valence-corrected chi connectivity index (χ2v) is 8.79. The summed E-state index contributed by atoms with van der Waals surface area (Å²) in [6.07, 6.45) is 3.66. The van der Waals surface area contributed by atoms with Gasteiger partial charge in [-0.2, -0.15) is 0 Å². The van der Waals surface area contributed by atoms with E-state index in [4.69, 9.17) is 0 Å². The Balaban J connectivity index is 1.37. The molecule has 1 aromatic heterocycles. The number of hydrogen-bond donors (Lipinski definition) is 1. The van der Waals surface area contributed by atoms with Crippen LogP contribution in [0.15, 0.2) is 29.6 Å². The van der Waals surface area contributed by atoms with Crippen LogP contribution in [0.25, 0.3) is 0 Å². The number of halogens is 1. The highest BCUT2D eigenvalue weighted by molar-refractivity contribution is 7.09. The van der Waals surface area contributed by atoms with E-state index in [1.54, 1.807) is 31.1 Å². The van der Waals surface area contributed by atoms with E-state index in [-0.39, 0.29) is 30.1 Å². The Kier molecular flexibility index (Phi) is 7.93. The summed E-state index contributed by atoms with van der Waals surface area (Å²) in [5.74, 6) is -0.132. The predicted molar refractivity (Wildman–Crippen MR) is 116 cm³/mol. The second-order valence-electron chi connectivity index (χ2n) is 7.84. The van der Waals surface area contributed by atoms with Gasteiger partial charge in [-0.25, -0.2) is 9.37 Å². The van der Waals surface area contributed by atoms with Crippen molar-refractivity contribution in [2.24, 2.45) is 0 Å². The Hall–Kier alpha value is -2.32. The van der Waals surface area contributed by atoms with E-state index < -0.39 is 0 Å². The third-order valence-corrected chi connectivity index (χ3v) is 6.14. The van der Waals surface area contributed by atoms with Gasteiger partial charge >= 0.3 is 0 Å². The van der Waals surface area contributed by atoms with Gasteiger partial charge in [0.25, 0.3) is 0 Å². The maximum Gasteiger partial charge on any atom is 0.239 e. The summed E-state index contributed by atoms with van der Waals surface area (Å²) in [5.41, 5.74) is 1.75. The average Bonchev–Trinajstić information content (AvgIpc) is 3.35. The highest BCUT2D eigenvalue weighted by Gasteiger charge is 2.30. The molecule has 3 rings (SSSR count). The van der Waals surface area contributed by atoms with E-state index in [1.165, 1.54) is 23.5 Å². The SMILES string of the molecule is CN(C)C(=O)C1CCCN1CCCNC(=O)Cc1csc(Cc2ccc(F)cc2)n1. The fourth-order valence-corrected chi connectivity index (χ4v) is 4.52. The molecule has 2 aromatic rings. The molecule has 1 aliphatic rings. The van der Waals surface area contributed by atoms with Gasteiger partial charge < -0.3 is 10.2 Å². The number of amides is 2. The Bertz CT molecular complexity index is 853. The normalized spacial score (nSPS) is 16.6. The fraction of sp³-hybridized carbons (Fsp3) is 0.500. The first kappa shape index (κ1) is 22.4. The maximum atomic E-state index is 13.0. The molecule has 0 spiro atoms. The zero-order chi connectivity index (χ0) is 21.5. The lowest BCUT2D eigenvalue weighted by Gasteiger charge is -2.26. The molecule has 0 aliphatic carbocycles. The second kappa shape index (κ2) is 10.6. The van der Waals surface area contributed by atoms with Crippen LogP contribution in [-0.4, -0.2) is 66.4 Å². The maximum absolute atomic E-state index is 13.0. The van der Waals surface area contributed by atoms with Crippen LogP contribution in [0.2, 0.25) is 0 Å². The molecule has 8 heteroatoms. The largest absolute Gasteiger partial charge is 0.356 e. The van der Waals surface area contributed by atoms with Crippen molar-refractivity contribution in [2.45, 2.75) is 38.1 Å². The van der Waals surface area contributed by atoms with Crippen molar-refractivity contribution in [1.82, 2.24) is 20.1 Å². The zero-order valence-electron chi connectivity index (χ0n) is 17.6. The molecular formula is C22H29FN4O2S. The highest BCUT2D eigenvalue weighted by atomic mass is 32.1. The molecule has 1 aromatic carbocycles. The number of thiazole rings is 1. The smallest absolute Gasteiger partial charge is 0.239 e. The van der Waals surface area contributed by atoms with Crippen molar-refractivity contribution >= 4 is 23.2 Å². The quantitative estimate of drug-likeness (QED) is 0.619. The molecule has 162 valence electrons. The van der Waals surface area contributed by atoms with Gasteiger partial charge in [0.15, 0.2) is 0 Å². The first-order chi connectivity index (χ1) is 14.4. The van der Waals surface area contributed by atoms with Crippen molar-refractivity contribution in [3.63, 3.8) is 0 Å². The first-order valence-electron chi connectivity index (χ1n) is 10.3. The Morgan fingerprint density at radius 2 is 2.07 bits per heavy atom. The monoisotopic (exact) mass is 432 g/mol. The van der Waals surface area contributed by atoms with Crippen LogP contribution in [0.5, 0.6) is 0 Å². The number of hydrogen-bond acceptors (Lipinski definition) is 5. The van der Waals surface area contributed by atoms with Gasteiger partial charge in [0, 0.05) is 39.0 Å². The average molecular weight is 433 g/mol. The molecule has 0 bridgehead atoms. The molecular weight excluding hydrogens is 403 g/mol. The molecule has 1 saturated heterocycles. The lowest BCUT2D eigenvalue weighted by molar-refractivity contribution is -0.133. The van der Waals surface area contributed by atoms with Crippen LogP contribution in [-0.2, 0) is 22.4 Å². The lowest BCUT2D eigenvalue weighted by atomic mass is 10.1. The molecule has 1 N–H and O–H groups in total. The molecule has 1 fully saturated rings. The third-order valence-electron chi connectivity index (χ3n) is 5.24. The van der Waals surface area contributed by atoms with Crippen LogP contribution in [0.1, 0.15) is 35.5 Å². The van der Waals surface area contributed by atoms with Crippen molar-refractivity contribution in [3.05, 3.63) is 51.7 Å². The minimum Gasteiger partial charge on any atom is -0.356 e. The molecule has 2 amide bonds. The number of carbonyl (C=O) groups is 2. The summed E-state index contributed by atoms with van der Waals surface area (Å²) >= 11 is 1.51. The number of rotatable bonds is 9. The summed E-state index contributed by atoms with van der Waals surface area (Å²) in [6.45, 7) is 2.33. The molecule has 1 atom stereocenters. The summed E-state index contributed by atoms with van der Waals surface area (Å²) in [7, 11) is 3.59. The van der Waals surface area contributed by atoms with Crippen molar-refractivity contribution in [3.8, 4) is 0 Å². The third kappa shape index (κ3) is 6.34. The Labute approximate surface area is 181 Å². The number of aromatic nitrogens is 1. The van der Waals surface area contributed by atoms with Gasteiger partial charge in [-0.05, 0) is 43.5 Å². The minimum atomic E-state index is -0.250. The molecule has 6 nitrogen and oxygen atoms in total. The standard InChI is InChI=1S/C22H29FN4O2S/c1-26(2)22(29)19-5-3-11-27(19)12-4-10-24-20(28)14-18-15-30-21(25-18)13-16-6-8-17(23)9-7-16/h6-9,15,19H,3-5,10-14H2,1-2H3,(H,24,28). The number of carbonyl (C=O) groups excluding carboxylic acids is 2.